The van der Waals surface area contributed by atoms with Gasteiger partial charge in [0.2, 0.25) is 0 Å². The molecule has 0 atom stereocenters. The summed E-state index contributed by atoms with van der Waals surface area (Å²) in [6.45, 7) is 2.70. The lowest BCUT2D eigenvalue weighted by molar-refractivity contribution is 0.0498. The van der Waals surface area contributed by atoms with E-state index in [-0.39, 0.29) is 11.6 Å². The van der Waals surface area contributed by atoms with Crippen molar-refractivity contribution in [2.45, 2.75) is 32.6 Å². The summed E-state index contributed by atoms with van der Waals surface area (Å²) in [7, 11) is 0. The Labute approximate surface area is 153 Å². The largest absolute Gasteiger partial charge is 0.462 e. The van der Waals surface area contributed by atoms with Gasteiger partial charge in [0.25, 0.3) is 0 Å². The third-order valence-electron chi connectivity index (χ3n) is 3.77. The Morgan fingerprint density at radius 2 is 1.62 bits per heavy atom. The monoisotopic (exact) mass is 352 g/mol. The summed E-state index contributed by atoms with van der Waals surface area (Å²) in [5, 5.41) is 0.951. The average molecular weight is 352 g/mol. The summed E-state index contributed by atoms with van der Waals surface area (Å²) >= 11 is 0. The molecule has 0 radical (unpaired) electrons. The van der Waals surface area contributed by atoms with Crippen LogP contribution in [0, 0.1) is 0 Å². The molecule has 3 rings (SSSR count). The molecule has 4 nitrogen and oxygen atoms in total. The van der Waals surface area contributed by atoms with Crippen LogP contribution in [0.3, 0.4) is 0 Å². The molecule has 0 fully saturated rings. The molecule has 0 aliphatic heterocycles. The maximum absolute atomic E-state index is 11.5. The van der Waals surface area contributed by atoms with Crippen molar-refractivity contribution in [2.24, 2.45) is 0 Å². The molecule has 4 heteroatoms. The van der Waals surface area contributed by atoms with Gasteiger partial charge in [-0.1, -0.05) is 62.6 Å². The molecule has 136 valence electrons. The van der Waals surface area contributed by atoms with Gasteiger partial charge in [0.15, 0.2) is 0 Å². The zero-order chi connectivity index (χ0) is 18.6. The van der Waals surface area contributed by atoms with Crippen molar-refractivity contribution in [3.8, 4) is 0 Å². The smallest absolute Gasteiger partial charge is 0.338 e. The Hall–Kier alpha value is -2.88. The highest BCUT2D eigenvalue weighted by molar-refractivity contribution is 5.89. The zero-order valence-corrected chi connectivity index (χ0v) is 15.0. The molecular weight excluding hydrogens is 328 g/mol. The van der Waals surface area contributed by atoms with E-state index in [1.807, 2.05) is 36.4 Å². The normalized spacial score (nSPS) is 10.0. The number of fused-ring (bicyclic) bond motifs is 1. The Bertz CT molecular complexity index is 852. The number of carbonyl (C=O) groups excluding carboxylic acids is 1. The van der Waals surface area contributed by atoms with E-state index in [1.165, 1.54) is 18.9 Å². The maximum atomic E-state index is 11.5. The van der Waals surface area contributed by atoms with Crippen LogP contribution < -0.4 is 5.63 Å². The Balaban J connectivity index is 0.000000195. The fourth-order valence-corrected chi connectivity index (χ4v) is 2.36. The summed E-state index contributed by atoms with van der Waals surface area (Å²) in [6.07, 6.45) is 4.51. The molecule has 2 aromatic carbocycles. The van der Waals surface area contributed by atoms with Crippen LogP contribution in [0.15, 0.2) is 75.9 Å². The lowest BCUT2D eigenvalue weighted by atomic mass is 10.2. The van der Waals surface area contributed by atoms with Crippen molar-refractivity contribution in [1.82, 2.24) is 0 Å². The summed E-state index contributed by atoms with van der Waals surface area (Å²) in [5.74, 6) is -0.216. The van der Waals surface area contributed by atoms with E-state index in [2.05, 4.69) is 6.92 Å². The Morgan fingerprint density at radius 1 is 0.885 bits per heavy atom. The molecule has 0 N–H and O–H groups in total. The van der Waals surface area contributed by atoms with E-state index in [4.69, 9.17) is 9.15 Å². The van der Waals surface area contributed by atoms with Crippen molar-refractivity contribution >= 4 is 16.9 Å². The van der Waals surface area contributed by atoms with Crippen molar-refractivity contribution in [3.05, 3.63) is 82.7 Å². The molecule has 0 aliphatic rings. The highest BCUT2D eigenvalue weighted by Crippen LogP contribution is 2.09. The lowest BCUT2D eigenvalue weighted by Gasteiger charge is -2.03. The molecular formula is C22H24O4. The third kappa shape index (κ3) is 6.55. The van der Waals surface area contributed by atoms with E-state index in [1.54, 1.807) is 24.3 Å². The summed E-state index contributed by atoms with van der Waals surface area (Å²) < 4.78 is 10.0. The fourth-order valence-electron chi connectivity index (χ4n) is 2.36. The Morgan fingerprint density at radius 3 is 2.38 bits per heavy atom. The van der Waals surface area contributed by atoms with E-state index in [0.29, 0.717) is 17.8 Å². The number of para-hydroxylation sites is 1. The number of rotatable bonds is 6. The van der Waals surface area contributed by atoms with E-state index >= 15 is 0 Å². The maximum Gasteiger partial charge on any atom is 0.338 e. The first kappa shape index (κ1) is 19.4. The molecule has 1 aromatic heterocycles. The first-order chi connectivity index (χ1) is 12.7. The van der Waals surface area contributed by atoms with Gasteiger partial charge in [-0.25, -0.2) is 9.59 Å². The number of carbonyl (C=O) groups is 1. The van der Waals surface area contributed by atoms with Gasteiger partial charge in [0, 0.05) is 11.5 Å². The van der Waals surface area contributed by atoms with Crippen LogP contribution in [0.2, 0.25) is 0 Å². The lowest BCUT2D eigenvalue weighted by Crippen LogP contribution is -2.06. The molecule has 26 heavy (non-hydrogen) atoms. The van der Waals surface area contributed by atoms with Gasteiger partial charge in [0.1, 0.15) is 5.58 Å². The van der Waals surface area contributed by atoms with Crippen LogP contribution in [0.1, 0.15) is 43.0 Å². The van der Waals surface area contributed by atoms with E-state index in [0.717, 1.165) is 18.2 Å². The van der Waals surface area contributed by atoms with Gasteiger partial charge in [-0.2, -0.15) is 0 Å². The minimum absolute atomic E-state index is 0.216. The van der Waals surface area contributed by atoms with E-state index < -0.39 is 0 Å². The van der Waals surface area contributed by atoms with Crippen LogP contribution in [-0.2, 0) is 4.74 Å². The quantitative estimate of drug-likeness (QED) is 0.347. The second-order valence-corrected chi connectivity index (χ2v) is 5.85. The van der Waals surface area contributed by atoms with Crippen LogP contribution >= 0.6 is 0 Å². The summed E-state index contributed by atoms with van der Waals surface area (Å²) in [5.41, 5.74) is 0.969. The van der Waals surface area contributed by atoms with E-state index in [9.17, 15) is 9.59 Å². The standard InChI is InChI=1S/C13H18O2.C9H6O2/c1-2-3-4-8-11-15-13(14)12-9-6-5-7-10-12;10-9-6-5-7-3-1-2-4-8(7)11-9/h5-7,9-10H,2-4,8,11H2,1H3;1-6H. The van der Waals surface area contributed by atoms with Crippen LogP contribution in [0.4, 0.5) is 0 Å². The second-order valence-electron chi connectivity index (χ2n) is 5.85. The van der Waals surface area contributed by atoms with Gasteiger partial charge in [0.05, 0.1) is 12.2 Å². The average Bonchev–Trinajstić information content (AvgIpc) is 2.69. The van der Waals surface area contributed by atoms with Gasteiger partial charge in [-0.15, -0.1) is 0 Å². The molecule has 0 saturated heterocycles. The second kappa shape index (κ2) is 10.9. The summed E-state index contributed by atoms with van der Waals surface area (Å²) in [4.78, 5) is 22.2. The predicted octanol–water partition coefficient (Wildman–Crippen LogP) is 5.22. The number of hydrogen-bond donors (Lipinski definition) is 0. The van der Waals surface area contributed by atoms with Gasteiger partial charge >= 0.3 is 11.6 Å². The van der Waals surface area contributed by atoms with Crippen molar-refractivity contribution in [1.29, 1.82) is 0 Å². The molecule has 0 unspecified atom stereocenters. The number of esters is 1. The third-order valence-corrected chi connectivity index (χ3v) is 3.77. The number of benzene rings is 2. The van der Waals surface area contributed by atoms with Crippen LogP contribution in [0.5, 0.6) is 0 Å². The number of ether oxygens (including phenoxy) is 1. The van der Waals surface area contributed by atoms with Crippen LogP contribution in [0.25, 0.3) is 11.0 Å². The molecule has 0 bridgehead atoms. The van der Waals surface area contributed by atoms with Gasteiger partial charge in [-0.3, -0.25) is 0 Å². The zero-order valence-electron chi connectivity index (χ0n) is 15.0. The first-order valence-electron chi connectivity index (χ1n) is 8.92. The molecule has 1 heterocycles. The summed E-state index contributed by atoms with van der Waals surface area (Å²) in [6, 6.07) is 19.7. The molecule has 0 amide bonds. The molecule has 0 saturated carbocycles. The van der Waals surface area contributed by atoms with Crippen molar-refractivity contribution in [2.75, 3.05) is 6.61 Å². The first-order valence-corrected chi connectivity index (χ1v) is 8.92. The van der Waals surface area contributed by atoms with Crippen LogP contribution in [-0.4, -0.2) is 12.6 Å². The minimum atomic E-state index is -0.302. The highest BCUT2D eigenvalue weighted by atomic mass is 16.5. The fraction of sp³-hybridized carbons (Fsp3) is 0.273. The molecule has 3 aromatic rings. The Kier molecular flexibility index (Phi) is 8.13. The highest BCUT2D eigenvalue weighted by Gasteiger charge is 2.04. The van der Waals surface area contributed by atoms with Crippen molar-refractivity contribution < 1.29 is 13.9 Å². The van der Waals surface area contributed by atoms with Gasteiger partial charge in [-0.05, 0) is 30.7 Å². The van der Waals surface area contributed by atoms with Gasteiger partial charge < -0.3 is 9.15 Å². The predicted molar refractivity (Wildman–Crippen MR) is 103 cm³/mol. The SMILES string of the molecule is CCCCCCOC(=O)c1ccccc1.O=c1ccc2ccccc2o1. The number of unbranched alkanes of at least 4 members (excludes halogenated alkanes) is 3. The number of hydrogen-bond acceptors (Lipinski definition) is 4. The van der Waals surface area contributed by atoms with Crippen molar-refractivity contribution in [3.63, 3.8) is 0 Å². The molecule has 0 spiro atoms. The minimum Gasteiger partial charge on any atom is -0.462 e. The topological polar surface area (TPSA) is 56.5 Å². The molecule has 0 aliphatic carbocycles.